The number of nitrogens with two attached hydrogens (primary N) is 1. The molecule has 0 atom stereocenters. The quantitative estimate of drug-likeness (QED) is 0.846. The van der Waals surface area contributed by atoms with Crippen molar-refractivity contribution in [3.63, 3.8) is 0 Å². The van der Waals surface area contributed by atoms with Gasteiger partial charge in [-0.05, 0) is 29.8 Å². The SMILES string of the molecule is COc1nnc(-c2ccc(Cl)o2)cc1N. The third kappa shape index (κ3) is 1.87. The van der Waals surface area contributed by atoms with Crippen LogP contribution in [0.3, 0.4) is 0 Å². The van der Waals surface area contributed by atoms with Gasteiger partial charge in [0.2, 0.25) is 0 Å². The van der Waals surface area contributed by atoms with E-state index in [1.54, 1.807) is 18.2 Å². The first-order valence-corrected chi connectivity index (χ1v) is 4.51. The van der Waals surface area contributed by atoms with Gasteiger partial charge in [0.25, 0.3) is 5.88 Å². The maximum Gasteiger partial charge on any atom is 0.256 e. The summed E-state index contributed by atoms with van der Waals surface area (Å²) in [7, 11) is 1.48. The average molecular weight is 226 g/mol. The highest BCUT2D eigenvalue weighted by molar-refractivity contribution is 6.28. The molecule has 0 amide bonds. The number of nitrogens with zero attached hydrogens (tertiary/aromatic N) is 2. The lowest BCUT2D eigenvalue weighted by atomic mass is 10.3. The Balaban J connectivity index is 2.42. The molecule has 5 nitrogen and oxygen atoms in total. The van der Waals surface area contributed by atoms with Crippen molar-refractivity contribution < 1.29 is 9.15 Å². The van der Waals surface area contributed by atoms with Gasteiger partial charge in [0.1, 0.15) is 5.69 Å². The molecule has 2 N–H and O–H groups in total. The predicted molar refractivity (Wildman–Crippen MR) is 55.7 cm³/mol. The molecule has 0 spiro atoms. The first-order valence-electron chi connectivity index (χ1n) is 4.13. The molecule has 78 valence electrons. The summed E-state index contributed by atoms with van der Waals surface area (Å²) in [6.07, 6.45) is 0. The maximum atomic E-state index is 5.67. The van der Waals surface area contributed by atoms with Crippen LogP contribution in [0.2, 0.25) is 5.22 Å². The van der Waals surface area contributed by atoms with Crippen LogP contribution in [-0.4, -0.2) is 17.3 Å². The first-order chi connectivity index (χ1) is 7.20. The molecule has 0 saturated heterocycles. The topological polar surface area (TPSA) is 74.2 Å². The number of furan rings is 1. The molecule has 0 aromatic carbocycles. The molecular formula is C9H8ClN3O2. The summed E-state index contributed by atoms with van der Waals surface area (Å²) in [6, 6.07) is 4.93. The Morgan fingerprint density at radius 1 is 1.40 bits per heavy atom. The number of anilines is 1. The molecule has 0 saturated carbocycles. The molecule has 0 radical (unpaired) electrons. The van der Waals surface area contributed by atoms with Crippen LogP contribution in [-0.2, 0) is 0 Å². The summed E-state index contributed by atoms with van der Waals surface area (Å²) >= 11 is 5.64. The average Bonchev–Trinajstić information content (AvgIpc) is 2.65. The van der Waals surface area contributed by atoms with Gasteiger partial charge in [0, 0.05) is 0 Å². The lowest BCUT2D eigenvalue weighted by Crippen LogP contribution is -1.98. The van der Waals surface area contributed by atoms with Crippen molar-refractivity contribution >= 4 is 17.3 Å². The number of hydrogen-bond acceptors (Lipinski definition) is 5. The fraction of sp³-hybridized carbons (Fsp3) is 0.111. The molecule has 0 fully saturated rings. The van der Waals surface area contributed by atoms with Crippen molar-refractivity contribution in [2.24, 2.45) is 0 Å². The van der Waals surface area contributed by atoms with Crippen LogP contribution in [0.4, 0.5) is 5.69 Å². The van der Waals surface area contributed by atoms with Crippen molar-refractivity contribution in [1.82, 2.24) is 10.2 Å². The minimum atomic E-state index is 0.288. The summed E-state index contributed by atoms with van der Waals surface area (Å²) in [4.78, 5) is 0. The van der Waals surface area contributed by atoms with Crippen LogP contribution < -0.4 is 10.5 Å². The van der Waals surface area contributed by atoms with Gasteiger partial charge in [0.15, 0.2) is 11.0 Å². The Morgan fingerprint density at radius 2 is 2.20 bits per heavy atom. The molecule has 2 heterocycles. The molecule has 0 bridgehead atoms. The third-order valence-corrected chi connectivity index (χ3v) is 2.01. The van der Waals surface area contributed by atoms with Crippen LogP contribution in [0.1, 0.15) is 0 Å². The fourth-order valence-electron chi connectivity index (χ4n) is 1.13. The van der Waals surface area contributed by atoms with Crippen molar-refractivity contribution in [1.29, 1.82) is 0 Å². The summed E-state index contributed by atoms with van der Waals surface area (Å²) in [5.74, 6) is 0.804. The molecule has 0 aliphatic rings. The highest BCUT2D eigenvalue weighted by atomic mass is 35.5. The van der Waals surface area contributed by atoms with Crippen molar-refractivity contribution in [2.75, 3.05) is 12.8 Å². The number of methoxy groups -OCH3 is 1. The van der Waals surface area contributed by atoms with Crippen LogP contribution in [0.15, 0.2) is 22.6 Å². The normalized spacial score (nSPS) is 10.3. The van der Waals surface area contributed by atoms with Gasteiger partial charge in [0.05, 0.1) is 12.8 Å². The van der Waals surface area contributed by atoms with Gasteiger partial charge in [-0.3, -0.25) is 0 Å². The fourth-order valence-corrected chi connectivity index (χ4v) is 1.27. The Labute approximate surface area is 90.8 Å². The summed E-state index contributed by atoms with van der Waals surface area (Å²) in [5, 5.41) is 7.96. The second-order valence-electron chi connectivity index (χ2n) is 2.80. The summed E-state index contributed by atoms with van der Waals surface area (Å²) in [5.41, 5.74) is 6.59. The minimum absolute atomic E-state index is 0.288. The number of hydrogen-bond donors (Lipinski definition) is 1. The molecular weight excluding hydrogens is 218 g/mol. The molecule has 2 rings (SSSR count). The Bertz CT molecular complexity index is 484. The Hall–Kier alpha value is -1.75. The minimum Gasteiger partial charge on any atom is -0.478 e. The molecule has 0 unspecified atom stereocenters. The highest BCUT2D eigenvalue weighted by Crippen LogP contribution is 2.26. The molecule has 6 heteroatoms. The Morgan fingerprint density at radius 3 is 2.73 bits per heavy atom. The lowest BCUT2D eigenvalue weighted by molar-refractivity contribution is 0.394. The molecule has 15 heavy (non-hydrogen) atoms. The second kappa shape index (κ2) is 3.78. The van der Waals surface area contributed by atoms with E-state index >= 15 is 0 Å². The van der Waals surface area contributed by atoms with Crippen LogP contribution in [0, 0.1) is 0 Å². The van der Waals surface area contributed by atoms with Crippen molar-refractivity contribution in [3.05, 3.63) is 23.4 Å². The van der Waals surface area contributed by atoms with E-state index in [2.05, 4.69) is 10.2 Å². The predicted octanol–water partition coefficient (Wildman–Crippen LogP) is 1.98. The van der Waals surface area contributed by atoms with E-state index in [1.165, 1.54) is 7.11 Å². The number of aromatic nitrogens is 2. The van der Waals surface area contributed by atoms with Crippen molar-refractivity contribution in [3.8, 4) is 17.3 Å². The third-order valence-electron chi connectivity index (χ3n) is 1.81. The second-order valence-corrected chi connectivity index (χ2v) is 3.17. The van der Waals surface area contributed by atoms with Gasteiger partial charge < -0.3 is 14.9 Å². The van der Waals surface area contributed by atoms with Crippen molar-refractivity contribution in [2.45, 2.75) is 0 Å². The van der Waals surface area contributed by atoms with E-state index in [0.717, 1.165) is 0 Å². The van der Waals surface area contributed by atoms with Gasteiger partial charge in [-0.25, -0.2) is 0 Å². The largest absolute Gasteiger partial charge is 0.478 e. The zero-order valence-corrected chi connectivity index (χ0v) is 8.65. The molecule has 2 aromatic heterocycles. The van der Waals surface area contributed by atoms with E-state index in [1.807, 2.05) is 0 Å². The van der Waals surface area contributed by atoms with Gasteiger partial charge in [-0.2, -0.15) is 0 Å². The number of rotatable bonds is 2. The van der Waals surface area contributed by atoms with Gasteiger partial charge in [-0.15, -0.1) is 10.2 Å². The number of nitrogen functional groups attached to an aromatic ring is 1. The molecule has 0 aliphatic heterocycles. The highest BCUT2D eigenvalue weighted by Gasteiger charge is 2.09. The first kappa shape index (κ1) is 9.79. The van der Waals surface area contributed by atoms with Gasteiger partial charge in [-0.1, -0.05) is 0 Å². The van der Waals surface area contributed by atoms with E-state index in [-0.39, 0.29) is 5.88 Å². The van der Waals surface area contributed by atoms with E-state index in [0.29, 0.717) is 22.4 Å². The smallest absolute Gasteiger partial charge is 0.256 e. The standard InChI is InChI=1S/C9H8ClN3O2/c1-14-9-5(11)4-6(12-13-9)7-2-3-8(10)15-7/h2-4H,1H3,(H2,11,12). The van der Waals surface area contributed by atoms with Crippen LogP contribution >= 0.6 is 11.6 Å². The lowest BCUT2D eigenvalue weighted by Gasteiger charge is -2.02. The van der Waals surface area contributed by atoms with Gasteiger partial charge >= 0.3 is 0 Å². The monoisotopic (exact) mass is 225 g/mol. The molecule has 0 aliphatic carbocycles. The zero-order valence-electron chi connectivity index (χ0n) is 7.90. The zero-order chi connectivity index (χ0) is 10.8. The number of ether oxygens (including phenoxy) is 1. The van der Waals surface area contributed by atoms with Crippen LogP contribution in [0.25, 0.3) is 11.5 Å². The van der Waals surface area contributed by atoms with E-state index < -0.39 is 0 Å². The summed E-state index contributed by atoms with van der Waals surface area (Å²) in [6.45, 7) is 0. The van der Waals surface area contributed by atoms with Crippen LogP contribution in [0.5, 0.6) is 5.88 Å². The maximum absolute atomic E-state index is 5.67. The van der Waals surface area contributed by atoms with E-state index in [4.69, 9.17) is 26.5 Å². The number of halogens is 1. The Kier molecular flexibility index (Phi) is 2.47. The molecule has 2 aromatic rings. The van der Waals surface area contributed by atoms with E-state index in [9.17, 15) is 0 Å². The summed E-state index contributed by atoms with van der Waals surface area (Å²) < 4.78 is 10.1.